The minimum Gasteiger partial charge on any atom is -0.373 e. The lowest BCUT2D eigenvalue weighted by Crippen LogP contribution is -2.48. The Bertz CT molecular complexity index is 443. The van der Waals surface area contributed by atoms with E-state index in [-0.39, 0.29) is 18.1 Å². The van der Waals surface area contributed by atoms with Gasteiger partial charge in [-0.25, -0.2) is 0 Å². The van der Waals surface area contributed by atoms with E-state index in [2.05, 4.69) is 32.8 Å². The molecule has 1 amide bonds. The summed E-state index contributed by atoms with van der Waals surface area (Å²) in [6.07, 6.45) is 0.378. The highest BCUT2D eigenvalue weighted by Gasteiger charge is 2.23. The highest BCUT2D eigenvalue weighted by atomic mass is 127. The van der Waals surface area contributed by atoms with Gasteiger partial charge in [0, 0.05) is 22.3 Å². The van der Waals surface area contributed by atoms with Gasteiger partial charge in [-0.05, 0) is 54.6 Å². The SMILES string of the molecule is C[C@H]1CN(CC(=O)Nc2cccc(I)c2)C[C@H](C)O1. The maximum atomic E-state index is 12.0. The Morgan fingerprint density at radius 2 is 2.11 bits per heavy atom. The third-order valence-electron chi connectivity index (χ3n) is 2.97. The molecule has 2 atom stereocenters. The molecule has 104 valence electrons. The van der Waals surface area contributed by atoms with Crippen molar-refractivity contribution >= 4 is 34.2 Å². The van der Waals surface area contributed by atoms with E-state index in [0.717, 1.165) is 22.3 Å². The van der Waals surface area contributed by atoms with Crippen LogP contribution in [0.25, 0.3) is 0 Å². The van der Waals surface area contributed by atoms with E-state index >= 15 is 0 Å². The first kappa shape index (κ1) is 14.7. The van der Waals surface area contributed by atoms with Crippen LogP contribution in [0.4, 0.5) is 5.69 Å². The molecule has 1 heterocycles. The van der Waals surface area contributed by atoms with Crippen LogP contribution in [-0.4, -0.2) is 42.6 Å². The van der Waals surface area contributed by atoms with E-state index in [1.807, 2.05) is 38.1 Å². The number of halogens is 1. The van der Waals surface area contributed by atoms with Gasteiger partial charge in [-0.1, -0.05) is 6.07 Å². The molecule has 1 aromatic carbocycles. The summed E-state index contributed by atoms with van der Waals surface area (Å²) in [5, 5.41) is 2.93. The number of morpholine rings is 1. The van der Waals surface area contributed by atoms with Gasteiger partial charge in [0.2, 0.25) is 5.91 Å². The Morgan fingerprint density at radius 1 is 1.42 bits per heavy atom. The topological polar surface area (TPSA) is 41.6 Å². The number of hydrogen-bond acceptors (Lipinski definition) is 3. The van der Waals surface area contributed by atoms with Crippen LogP contribution in [0.15, 0.2) is 24.3 Å². The van der Waals surface area contributed by atoms with E-state index in [4.69, 9.17) is 4.74 Å². The monoisotopic (exact) mass is 374 g/mol. The van der Waals surface area contributed by atoms with Crippen molar-refractivity contribution in [3.63, 3.8) is 0 Å². The lowest BCUT2D eigenvalue weighted by Gasteiger charge is -2.34. The van der Waals surface area contributed by atoms with Crippen LogP contribution in [0.2, 0.25) is 0 Å². The van der Waals surface area contributed by atoms with Crippen molar-refractivity contribution in [3.8, 4) is 0 Å². The lowest BCUT2D eigenvalue weighted by molar-refractivity contribution is -0.121. The minimum atomic E-state index is 0.0308. The smallest absolute Gasteiger partial charge is 0.238 e. The molecule has 5 heteroatoms. The van der Waals surface area contributed by atoms with Crippen LogP contribution in [0, 0.1) is 3.57 Å². The molecule has 1 aliphatic rings. The second kappa shape index (κ2) is 6.67. The Labute approximate surface area is 127 Å². The molecule has 1 N–H and O–H groups in total. The molecule has 19 heavy (non-hydrogen) atoms. The number of carbonyl (C=O) groups is 1. The Balaban J connectivity index is 1.87. The average Bonchev–Trinajstić information content (AvgIpc) is 2.26. The molecule has 4 nitrogen and oxygen atoms in total. The number of carbonyl (C=O) groups excluding carboxylic acids is 1. The highest BCUT2D eigenvalue weighted by Crippen LogP contribution is 2.13. The molecule has 0 aliphatic carbocycles. The van der Waals surface area contributed by atoms with Gasteiger partial charge in [0.15, 0.2) is 0 Å². The van der Waals surface area contributed by atoms with Crippen molar-refractivity contribution in [2.75, 3.05) is 25.0 Å². The second-order valence-electron chi connectivity index (χ2n) is 5.01. The quantitative estimate of drug-likeness (QED) is 0.826. The zero-order valence-electron chi connectivity index (χ0n) is 11.2. The van der Waals surface area contributed by atoms with Gasteiger partial charge in [0.05, 0.1) is 18.8 Å². The van der Waals surface area contributed by atoms with Gasteiger partial charge in [0.1, 0.15) is 0 Å². The number of nitrogens with one attached hydrogen (secondary N) is 1. The van der Waals surface area contributed by atoms with Crippen LogP contribution in [0.1, 0.15) is 13.8 Å². The Hall–Kier alpha value is -0.660. The summed E-state index contributed by atoms with van der Waals surface area (Å²) in [7, 11) is 0. The van der Waals surface area contributed by atoms with Crippen molar-refractivity contribution in [2.45, 2.75) is 26.1 Å². The number of ether oxygens (including phenoxy) is 1. The van der Waals surface area contributed by atoms with Gasteiger partial charge < -0.3 is 10.1 Å². The number of benzene rings is 1. The first-order chi connectivity index (χ1) is 9.02. The molecule has 1 aromatic rings. The van der Waals surface area contributed by atoms with Crippen LogP contribution >= 0.6 is 22.6 Å². The number of anilines is 1. The standard InChI is InChI=1S/C14H19IN2O2/c1-10-7-17(8-11(2)19-10)9-14(18)16-13-5-3-4-12(15)6-13/h3-6,10-11H,7-9H2,1-2H3,(H,16,18)/t10-,11-/m0/s1. The maximum Gasteiger partial charge on any atom is 0.238 e. The van der Waals surface area contributed by atoms with Crippen molar-refractivity contribution in [2.24, 2.45) is 0 Å². The summed E-state index contributed by atoms with van der Waals surface area (Å²) < 4.78 is 6.77. The minimum absolute atomic E-state index is 0.0308. The van der Waals surface area contributed by atoms with E-state index in [0.29, 0.717) is 6.54 Å². The fourth-order valence-corrected chi connectivity index (χ4v) is 2.93. The maximum absolute atomic E-state index is 12.0. The summed E-state index contributed by atoms with van der Waals surface area (Å²) in [6, 6.07) is 7.81. The van der Waals surface area contributed by atoms with Crippen molar-refractivity contribution in [3.05, 3.63) is 27.8 Å². The number of rotatable bonds is 3. The second-order valence-corrected chi connectivity index (χ2v) is 6.26. The largest absolute Gasteiger partial charge is 0.373 e. The van der Waals surface area contributed by atoms with Crippen molar-refractivity contribution in [1.29, 1.82) is 0 Å². The predicted octanol–water partition coefficient (Wildman–Crippen LogP) is 2.34. The Morgan fingerprint density at radius 3 is 2.74 bits per heavy atom. The van der Waals surface area contributed by atoms with Crippen LogP contribution in [0.5, 0.6) is 0 Å². The van der Waals surface area contributed by atoms with Gasteiger partial charge >= 0.3 is 0 Å². The van der Waals surface area contributed by atoms with Crippen LogP contribution in [0.3, 0.4) is 0 Å². The molecule has 0 radical (unpaired) electrons. The summed E-state index contributed by atoms with van der Waals surface area (Å²) in [4.78, 5) is 14.2. The molecular weight excluding hydrogens is 355 g/mol. The fraction of sp³-hybridized carbons (Fsp3) is 0.500. The lowest BCUT2D eigenvalue weighted by atomic mass is 10.2. The normalized spacial score (nSPS) is 24.2. The Kier molecular flexibility index (Phi) is 5.18. The summed E-state index contributed by atoms with van der Waals surface area (Å²) in [5.74, 6) is 0.0308. The number of hydrogen-bond donors (Lipinski definition) is 1. The average molecular weight is 374 g/mol. The van der Waals surface area contributed by atoms with Gasteiger partial charge in [-0.15, -0.1) is 0 Å². The van der Waals surface area contributed by atoms with E-state index in [1.165, 1.54) is 0 Å². The van der Waals surface area contributed by atoms with E-state index in [9.17, 15) is 4.79 Å². The predicted molar refractivity (Wildman–Crippen MR) is 84.2 cm³/mol. The summed E-state index contributed by atoms with van der Waals surface area (Å²) >= 11 is 2.23. The van der Waals surface area contributed by atoms with Gasteiger partial charge in [-0.2, -0.15) is 0 Å². The van der Waals surface area contributed by atoms with Crippen LogP contribution < -0.4 is 5.32 Å². The third-order valence-corrected chi connectivity index (χ3v) is 3.64. The van der Waals surface area contributed by atoms with Gasteiger partial charge in [-0.3, -0.25) is 9.69 Å². The molecule has 1 fully saturated rings. The molecule has 2 rings (SSSR count). The first-order valence-corrected chi connectivity index (χ1v) is 7.54. The molecule has 0 aromatic heterocycles. The zero-order valence-corrected chi connectivity index (χ0v) is 13.4. The number of nitrogens with zero attached hydrogens (tertiary/aromatic N) is 1. The van der Waals surface area contributed by atoms with Gasteiger partial charge in [0.25, 0.3) is 0 Å². The first-order valence-electron chi connectivity index (χ1n) is 6.46. The van der Waals surface area contributed by atoms with Crippen LogP contribution in [-0.2, 0) is 9.53 Å². The molecule has 0 spiro atoms. The molecular formula is C14H19IN2O2. The summed E-state index contributed by atoms with van der Waals surface area (Å²) in [5.41, 5.74) is 0.853. The molecule has 0 saturated carbocycles. The van der Waals surface area contributed by atoms with Crippen molar-refractivity contribution < 1.29 is 9.53 Å². The number of amides is 1. The summed E-state index contributed by atoms with van der Waals surface area (Å²) in [6.45, 7) is 6.12. The third kappa shape index (κ3) is 4.74. The molecule has 1 aliphatic heterocycles. The van der Waals surface area contributed by atoms with E-state index < -0.39 is 0 Å². The zero-order chi connectivity index (χ0) is 13.8. The molecule has 1 saturated heterocycles. The van der Waals surface area contributed by atoms with Crippen molar-refractivity contribution in [1.82, 2.24) is 4.90 Å². The highest BCUT2D eigenvalue weighted by molar-refractivity contribution is 14.1. The molecule has 0 bridgehead atoms. The fourth-order valence-electron chi connectivity index (χ4n) is 2.38. The molecule has 0 unspecified atom stereocenters. The van der Waals surface area contributed by atoms with E-state index in [1.54, 1.807) is 0 Å².